The molecule has 2 aromatic carbocycles. The number of hydrogen-bond donors (Lipinski definition) is 1. The predicted molar refractivity (Wildman–Crippen MR) is 124 cm³/mol. The topological polar surface area (TPSA) is 126 Å². The molecule has 11 heteroatoms. The van der Waals surface area contributed by atoms with Gasteiger partial charge in [-0.15, -0.1) is 0 Å². The Balaban J connectivity index is 1.64. The first kappa shape index (κ1) is 23.9. The van der Waals surface area contributed by atoms with Gasteiger partial charge < -0.3 is 28.5 Å². The highest BCUT2D eigenvalue weighted by Crippen LogP contribution is 2.52. The number of carbonyl (C=O) groups is 2. The number of carbonyl (C=O) groups excluding carboxylic acids is 2. The lowest BCUT2D eigenvalue weighted by molar-refractivity contribution is -0.135. The van der Waals surface area contributed by atoms with Crippen LogP contribution in [0.4, 0.5) is 0 Å². The van der Waals surface area contributed by atoms with E-state index in [1.165, 1.54) is 20.4 Å². The van der Waals surface area contributed by atoms with Crippen LogP contribution in [0.2, 0.25) is 0 Å². The monoisotopic (exact) mass is 483 g/mol. The van der Waals surface area contributed by atoms with Crippen molar-refractivity contribution in [1.82, 2.24) is 5.43 Å². The maximum Gasteiger partial charge on any atom is 0.356 e. The summed E-state index contributed by atoms with van der Waals surface area (Å²) in [5.41, 5.74) is 4.31. The fourth-order valence-electron chi connectivity index (χ4n) is 3.80. The molecule has 0 aliphatic carbocycles. The van der Waals surface area contributed by atoms with Gasteiger partial charge in [-0.1, -0.05) is 23.4 Å². The van der Waals surface area contributed by atoms with Crippen molar-refractivity contribution in [3.8, 4) is 23.0 Å². The summed E-state index contributed by atoms with van der Waals surface area (Å²) in [6.45, 7) is 1.94. The van der Waals surface area contributed by atoms with E-state index in [2.05, 4.69) is 15.7 Å². The number of nitrogens with zero attached hydrogens (tertiary/aromatic N) is 2. The van der Waals surface area contributed by atoms with E-state index in [1.54, 1.807) is 31.2 Å². The Kier molecular flexibility index (Phi) is 7.34. The van der Waals surface area contributed by atoms with Crippen LogP contribution in [0.15, 0.2) is 40.6 Å². The number of hydrazone groups is 1. The van der Waals surface area contributed by atoms with E-state index >= 15 is 0 Å². The number of nitrogens with one attached hydrogen (secondary N) is 1. The van der Waals surface area contributed by atoms with Gasteiger partial charge >= 0.3 is 5.97 Å². The molecule has 2 aliphatic heterocycles. The number of fused-ring (bicyclic) bond motifs is 1. The Morgan fingerprint density at radius 3 is 2.60 bits per heavy atom. The molecular formula is C24H25N3O8. The van der Waals surface area contributed by atoms with Gasteiger partial charge in [0.15, 0.2) is 17.2 Å². The van der Waals surface area contributed by atoms with Crippen molar-refractivity contribution >= 4 is 23.8 Å². The molecule has 2 aliphatic rings. The first-order chi connectivity index (χ1) is 17.1. The van der Waals surface area contributed by atoms with Crippen LogP contribution in [0.3, 0.4) is 0 Å². The molecular weight excluding hydrogens is 458 g/mol. The fraction of sp³-hybridized carbons (Fsp3) is 0.333. The van der Waals surface area contributed by atoms with Crippen LogP contribution in [0.5, 0.6) is 23.0 Å². The van der Waals surface area contributed by atoms with Gasteiger partial charge in [0, 0.05) is 29.5 Å². The Morgan fingerprint density at radius 1 is 1.14 bits per heavy atom. The van der Waals surface area contributed by atoms with Gasteiger partial charge in [0.05, 0.1) is 27.0 Å². The van der Waals surface area contributed by atoms with Crippen molar-refractivity contribution in [1.29, 1.82) is 0 Å². The first-order valence-corrected chi connectivity index (χ1v) is 10.9. The van der Waals surface area contributed by atoms with Crippen LogP contribution in [-0.4, -0.2) is 57.5 Å². The van der Waals surface area contributed by atoms with Crippen LogP contribution in [-0.2, 0) is 20.8 Å². The number of ether oxygens (including phenoxy) is 5. The minimum Gasteiger partial charge on any atom is -0.492 e. The Hall–Kier alpha value is -4.28. The van der Waals surface area contributed by atoms with Gasteiger partial charge in [-0.05, 0) is 19.1 Å². The molecule has 0 unspecified atom stereocenters. The Morgan fingerprint density at radius 2 is 1.89 bits per heavy atom. The Labute approximate surface area is 201 Å². The zero-order valence-corrected chi connectivity index (χ0v) is 19.5. The first-order valence-electron chi connectivity index (χ1n) is 10.9. The van der Waals surface area contributed by atoms with E-state index in [4.69, 9.17) is 28.5 Å². The summed E-state index contributed by atoms with van der Waals surface area (Å²) in [5.74, 6) is 0.602. The number of methoxy groups -OCH3 is 2. The zero-order valence-electron chi connectivity index (χ0n) is 19.5. The molecule has 35 heavy (non-hydrogen) atoms. The summed E-state index contributed by atoms with van der Waals surface area (Å²) in [5, 5.41) is 8.00. The summed E-state index contributed by atoms with van der Waals surface area (Å²) < 4.78 is 27.5. The van der Waals surface area contributed by atoms with Crippen LogP contribution >= 0.6 is 0 Å². The number of oxime groups is 1. The molecule has 0 spiro atoms. The van der Waals surface area contributed by atoms with Crippen LogP contribution < -0.4 is 24.4 Å². The molecule has 0 aromatic heterocycles. The highest BCUT2D eigenvalue weighted by molar-refractivity contribution is 6.36. The lowest BCUT2D eigenvalue weighted by Crippen LogP contribution is -2.20. The van der Waals surface area contributed by atoms with E-state index in [-0.39, 0.29) is 37.9 Å². The third kappa shape index (κ3) is 4.98. The second kappa shape index (κ2) is 10.8. The molecule has 2 aromatic rings. The highest BCUT2D eigenvalue weighted by Gasteiger charge is 2.34. The minimum absolute atomic E-state index is 0.0223. The standard InChI is InChI=1S/C24H25N3O8/c1-4-32-24(29)18-11-15(35-27-18)10-16-17(12-25-26-23(28)14-8-6-5-7-9-14)20-22(34-13-33-20)21(31-3)19(16)30-2/h5-9,12,15H,4,10-11,13H2,1-3H3,(H,26,28)/b25-12+/t15-/m0/s1. The van der Waals surface area contributed by atoms with Gasteiger partial charge in [0.2, 0.25) is 18.3 Å². The molecule has 0 fully saturated rings. The maximum absolute atomic E-state index is 12.4. The third-order valence-corrected chi connectivity index (χ3v) is 5.35. The number of esters is 1. The predicted octanol–water partition coefficient (Wildman–Crippen LogP) is 2.45. The van der Waals surface area contributed by atoms with Gasteiger partial charge in [-0.25, -0.2) is 10.2 Å². The summed E-state index contributed by atoms with van der Waals surface area (Å²) in [6, 6.07) is 8.70. The molecule has 2 heterocycles. The van der Waals surface area contributed by atoms with Gasteiger partial charge in [-0.2, -0.15) is 5.10 Å². The molecule has 1 amide bonds. The summed E-state index contributed by atoms with van der Waals surface area (Å²) in [7, 11) is 2.99. The van der Waals surface area contributed by atoms with E-state index in [1.807, 2.05) is 6.07 Å². The average Bonchev–Trinajstić information content (AvgIpc) is 3.55. The minimum atomic E-state index is -0.518. The van der Waals surface area contributed by atoms with Crippen molar-refractivity contribution in [2.45, 2.75) is 25.9 Å². The molecule has 0 saturated heterocycles. The quantitative estimate of drug-likeness (QED) is 0.327. The fourth-order valence-corrected chi connectivity index (χ4v) is 3.80. The van der Waals surface area contributed by atoms with Crippen LogP contribution in [0.1, 0.15) is 34.8 Å². The van der Waals surface area contributed by atoms with Crippen molar-refractivity contribution in [2.24, 2.45) is 10.3 Å². The molecule has 184 valence electrons. The number of amides is 1. The second-order valence-electron chi connectivity index (χ2n) is 7.48. The van der Waals surface area contributed by atoms with Gasteiger partial charge in [-0.3, -0.25) is 4.79 Å². The number of rotatable bonds is 9. The summed E-state index contributed by atoms with van der Waals surface area (Å²) in [4.78, 5) is 29.9. The third-order valence-electron chi connectivity index (χ3n) is 5.35. The van der Waals surface area contributed by atoms with Crippen LogP contribution in [0, 0.1) is 0 Å². The summed E-state index contributed by atoms with van der Waals surface area (Å²) in [6.07, 6.45) is 1.50. The smallest absolute Gasteiger partial charge is 0.356 e. The zero-order chi connectivity index (χ0) is 24.8. The van der Waals surface area contributed by atoms with E-state index in [0.29, 0.717) is 39.7 Å². The van der Waals surface area contributed by atoms with Gasteiger partial charge in [0.25, 0.3) is 5.91 Å². The lowest BCUT2D eigenvalue weighted by atomic mass is 9.96. The largest absolute Gasteiger partial charge is 0.492 e. The molecule has 0 saturated carbocycles. The SMILES string of the molecule is CCOC(=O)C1=NO[C@@H](Cc2c(/C=N/NC(=O)c3ccccc3)c3c(c(OC)c2OC)OCO3)C1. The van der Waals surface area contributed by atoms with Crippen molar-refractivity contribution in [2.75, 3.05) is 27.6 Å². The lowest BCUT2D eigenvalue weighted by Gasteiger charge is -2.19. The molecule has 1 atom stereocenters. The van der Waals surface area contributed by atoms with Gasteiger partial charge in [0.1, 0.15) is 6.10 Å². The normalized spacial score (nSPS) is 16.0. The van der Waals surface area contributed by atoms with E-state index in [0.717, 1.165) is 0 Å². The molecule has 0 radical (unpaired) electrons. The number of benzene rings is 2. The van der Waals surface area contributed by atoms with Crippen molar-refractivity contribution < 1.29 is 38.1 Å². The highest BCUT2D eigenvalue weighted by atomic mass is 16.7. The van der Waals surface area contributed by atoms with Crippen molar-refractivity contribution in [3.63, 3.8) is 0 Å². The Bertz CT molecular complexity index is 1160. The number of hydrogen-bond acceptors (Lipinski definition) is 10. The molecule has 0 bridgehead atoms. The molecule has 1 N–H and O–H groups in total. The maximum atomic E-state index is 12.4. The molecule has 11 nitrogen and oxygen atoms in total. The van der Waals surface area contributed by atoms with Crippen molar-refractivity contribution in [3.05, 3.63) is 47.0 Å². The summed E-state index contributed by atoms with van der Waals surface area (Å²) >= 11 is 0. The second-order valence-corrected chi connectivity index (χ2v) is 7.48. The van der Waals surface area contributed by atoms with Crippen LogP contribution in [0.25, 0.3) is 0 Å². The average molecular weight is 483 g/mol. The van der Waals surface area contributed by atoms with E-state index in [9.17, 15) is 9.59 Å². The molecule has 4 rings (SSSR count). The van der Waals surface area contributed by atoms with E-state index < -0.39 is 12.1 Å².